The fraction of sp³-hybridized carbons (Fsp3) is 0.714. The van der Waals surface area contributed by atoms with Gasteiger partial charge in [0.2, 0.25) is 0 Å². The van der Waals surface area contributed by atoms with Crippen molar-refractivity contribution in [2.75, 3.05) is 26.2 Å². The minimum atomic E-state index is 0.233. The first-order chi connectivity index (χ1) is 15.1. The van der Waals surface area contributed by atoms with Crippen LogP contribution in [0.4, 0.5) is 0 Å². The normalized spacial score (nSPS) is 25.1. The molecule has 0 spiro atoms. The molecule has 0 saturated carbocycles. The summed E-state index contributed by atoms with van der Waals surface area (Å²) in [5.41, 5.74) is 2.79. The first kappa shape index (κ1) is 29.7. The molecule has 2 aliphatic rings. The van der Waals surface area contributed by atoms with Gasteiger partial charge in [-0.25, -0.2) is 0 Å². The number of allylic oxidation sites excluding steroid dienone is 6. The summed E-state index contributed by atoms with van der Waals surface area (Å²) in [6.45, 7) is 23.2. The third kappa shape index (κ3) is 9.78. The number of nitrogens with zero attached hydrogens (tertiary/aromatic N) is 2. The van der Waals surface area contributed by atoms with Crippen LogP contribution in [0.2, 0.25) is 0 Å². The molecular formula is C28H52N2O. The molecule has 0 aromatic carbocycles. The number of hydrogen-bond acceptors (Lipinski definition) is 3. The van der Waals surface area contributed by atoms with Crippen LogP contribution in [0.3, 0.4) is 0 Å². The first-order valence-electron chi connectivity index (χ1n) is 12.8. The molecule has 0 amide bonds. The van der Waals surface area contributed by atoms with Crippen LogP contribution < -0.4 is 0 Å². The minimum Gasteiger partial charge on any atom is -0.358 e. The van der Waals surface area contributed by atoms with Gasteiger partial charge in [0.1, 0.15) is 6.23 Å². The van der Waals surface area contributed by atoms with Crippen molar-refractivity contribution >= 4 is 0 Å². The summed E-state index contributed by atoms with van der Waals surface area (Å²) in [6, 6.07) is 0.605. The van der Waals surface area contributed by atoms with Gasteiger partial charge >= 0.3 is 0 Å². The highest BCUT2D eigenvalue weighted by molar-refractivity contribution is 5.19. The molecule has 3 heteroatoms. The van der Waals surface area contributed by atoms with Gasteiger partial charge in [0, 0.05) is 37.3 Å². The largest absolute Gasteiger partial charge is 0.358 e. The molecule has 0 aromatic rings. The Hall–Kier alpha value is -1.32. The SMILES string of the molecule is C/C=C\C=C(/C)CCN1CCC2C(COC(CCC)N2C(/C=C\C)=C/C)C1.CC.CC. The van der Waals surface area contributed by atoms with Gasteiger partial charge in [0.25, 0.3) is 0 Å². The highest BCUT2D eigenvalue weighted by Crippen LogP contribution is 2.34. The maximum absolute atomic E-state index is 6.36. The molecule has 3 nitrogen and oxygen atoms in total. The van der Waals surface area contributed by atoms with Gasteiger partial charge in [-0.2, -0.15) is 0 Å². The van der Waals surface area contributed by atoms with Crippen molar-refractivity contribution in [3.63, 3.8) is 0 Å². The van der Waals surface area contributed by atoms with E-state index < -0.39 is 0 Å². The number of piperidine rings is 1. The highest BCUT2D eigenvalue weighted by atomic mass is 16.5. The van der Waals surface area contributed by atoms with Crippen LogP contribution in [0.25, 0.3) is 0 Å². The Kier molecular flexibility index (Phi) is 17.5. The van der Waals surface area contributed by atoms with Crippen LogP contribution in [0.15, 0.2) is 47.7 Å². The number of hydrogen-bond donors (Lipinski definition) is 0. The van der Waals surface area contributed by atoms with Crippen molar-refractivity contribution in [1.82, 2.24) is 9.80 Å². The summed E-state index contributed by atoms with van der Waals surface area (Å²) < 4.78 is 6.36. The first-order valence-corrected chi connectivity index (χ1v) is 12.8. The van der Waals surface area contributed by atoms with E-state index in [1.54, 1.807) is 0 Å². The Bertz CT molecular complexity index is 561. The molecule has 180 valence electrons. The van der Waals surface area contributed by atoms with E-state index in [9.17, 15) is 0 Å². The van der Waals surface area contributed by atoms with Gasteiger partial charge < -0.3 is 14.5 Å². The third-order valence-electron chi connectivity index (χ3n) is 5.81. The van der Waals surface area contributed by atoms with Crippen LogP contribution in [0.1, 0.15) is 88.0 Å². The Morgan fingerprint density at radius 1 is 1.06 bits per heavy atom. The van der Waals surface area contributed by atoms with E-state index in [1.165, 1.54) is 24.2 Å². The monoisotopic (exact) mass is 432 g/mol. The quantitative estimate of drug-likeness (QED) is 0.368. The van der Waals surface area contributed by atoms with Crippen molar-refractivity contribution in [3.8, 4) is 0 Å². The molecule has 2 saturated heterocycles. The second-order valence-electron chi connectivity index (χ2n) is 7.90. The van der Waals surface area contributed by atoms with E-state index in [4.69, 9.17) is 4.74 Å². The lowest BCUT2D eigenvalue weighted by atomic mass is 9.88. The average molecular weight is 433 g/mol. The van der Waals surface area contributed by atoms with Crippen LogP contribution in [-0.2, 0) is 4.74 Å². The number of likely N-dealkylation sites (tertiary alicyclic amines) is 1. The van der Waals surface area contributed by atoms with Crippen LogP contribution in [-0.4, -0.2) is 48.3 Å². The Balaban J connectivity index is 0.00000212. The fourth-order valence-electron chi connectivity index (χ4n) is 4.36. The Morgan fingerprint density at radius 2 is 1.77 bits per heavy atom. The summed E-state index contributed by atoms with van der Waals surface area (Å²) in [5.74, 6) is 0.604. The second kappa shape index (κ2) is 18.3. The molecule has 2 aliphatic heterocycles. The summed E-state index contributed by atoms with van der Waals surface area (Å²) in [4.78, 5) is 5.23. The maximum atomic E-state index is 6.36. The molecule has 3 atom stereocenters. The van der Waals surface area contributed by atoms with Crippen LogP contribution >= 0.6 is 0 Å². The van der Waals surface area contributed by atoms with E-state index in [1.807, 2.05) is 27.7 Å². The van der Waals surface area contributed by atoms with Gasteiger partial charge in [0.05, 0.1) is 6.61 Å². The Morgan fingerprint density at radius 3 is 2.35 bits per heavy atom. The van der Waals surface area contributed by atoms with E-state index in [-0.39, 0.29) is 6.23 Å². The molecule has 2 rings (SSSR count). The predicted molar refractivity (Wildman–Crippen MR) is 139 cm³/mol. The van der Waals surface area contributed by atoms with Crippen molar-refractivity contribution in [3.05, 3.63) is 47.7 Å². The summed E-state index contributed by atoms with van der Waals surface area (Å²) in [5, 5.41) is 0. The van der Waals surface area contributed by atoms with E-state index in [0.717, 1.165) is 39.0 Å². The van der Waals surface area contributed by atoms with Crippen molar-refractivity contribution in [1.29, 1.82) is 0 Å². The van der Waals surface area contributed by atoms with Crippen molar-refractivity contribution in [2.24, 2.45) is 5.92 Å². The smallest absolute Gasteiger partial charge is 0.130 e. The zero-order chi connectivity index (χ0) is 23.6. The van der Waals surface area contributed by atoms with Gasteiger partial charge in [-0.3, -0.25) is 0 Å². The lowest BCUT2D eigenvalue weighted by Crippen LogP contribution is -2.59. The topological polar surface area (TPSA) is 15.7 Å². The molecule has 0 radical (unpaired) electrons. The molecule has 3 unspecified atom stereocenters. The number of ether oxygens (including phenoxy) is 1. The zero-order valence-electron chi connectivity index (χ0n) is 22.2. The van der Waals surface area contributed by atoms with Gasteiger partial charge in [0.15, 0.2) is 0 Å². The van der Waals surface area contributed by atoms with E-state index in [0.29, 0.717) is 12.0 Å². The molecule has 0 aromatic heterocycles. The summed E-state index contributed by atoms with van der Waals surface area (Å²) in [7, 11) is 0. The molecule has 2 heterocycles. The minimum absolute atomic E-state index is 0.233. The lowest BCUT2D eigenvalue weighted by Gasteiger charge is -2.52. The Labute approximate surface area is 194 Å². The number of fused-ring (bicyclic) bond motifs is 1. The maximum Gasteiger partial charge on any atom is 0.130 e. The second-order valence-corrected chi connectivity index (χ2v) is 7.90. The molecule has 31 heavy (non-hydrogen) atoms. The number of rotatable bonds is 8. The van der Waals surface area contributed by atoms with E-state index in [2.05, 4.69) is 80.9 Å². The standard InChI is InChI=1S/C24H40N2O.2C2H6/c1-6-10-13-20(5)14-16-25-17-15-23-21(18-25)19-27-24(12-8-3)26(23)22(9-4)11-7-2;2*1-2/h6-7,9-11,13,21,23-24H,8,12,14-19H2,1-5H3;2*1-2H3/b10-6-,11-7-,20-13+,22-9+;;. The molecular weight excluding hydrogens is 380 g/mol. The van der Waals surface area contributed by atoms with Gasteiger partial charge in [-0.05, 0) is 53.0 Å². The van der Waals surface area contributed by atoms with Crippen LogP contribution in [0.5, 0.6) is 0 Å². The van der Waals surface area contributed by atoms with Gasteiger partial charge in [-0.1, -0.05) is 77.0 Å². The van der Waals surface area contributed by atoms with Crippen molar-refractivity contribution in [2.45, 2.75) is 100 Å². The molecule has 0 N–H and O–H groups in total. The third-order valence-corrected chi connectivity index (χ3v) is 5.81. The zero-order valence-corrected chi connectivity index (χ0v) is 22.2. The van der Waals surface area contributed by atoms with E-state index >= 15 is 0 Å². The predicted octanol–water partition coefficient (Wildman–Crippen LogP) is 7.58. The lowest BCUT2D eigenvalue weighted by molar-refractivity contribution is -0.151. The molecule has 2 fully saturated rings. The summed E-state index contributed by atoms with van der Waals surface area (Å²) in [6.07, 6.45) is 18.0. The fourth-order valence-corrected chi connectivity index (χ4v) is 4.36. The van der Waals surface area contributed by atoms with Gasteiger partial charge in [-0.15, -0.1) is 0 Å². The molecule has 0 bridgehead atoms. The average Bonchev–Trinajstić information content (AvgIpc) is 2.82. The summed E-state index contributed by atoms with van der Waals surface area (Å²) >= 11 is 0. The van der Waals surface area contributed by atoms with Crippen LogP contribution in [0, 0.1) is 5.92 Å². The highest BCUT2D eigenvalue weighted by Gasteiger charge is 2.40. The molecule has 0 aliphatic carbocycles. The van der Waals surface area contributed by atoms with Crippen molar-refractivity contribution < 1.29 is 4.74 Å².